The van der Waals surface area contributed by atoms with E-state index in [1.165, 1.54) is 23.3 Å². The molecule has 0 bridgehead atoms. The lowest BCUT2D eigenvalue weighted by Gasteiger charge is -1.96. The van der Waals surface area contributed by atoms with E-state index in [2.05, 4.69) is 4.98 Å². The summed E-state index contributed by atoms with van der Waals surface area (Å²) in [5.41, 5.74) is 0. The van der Waals surface area contributed by atoms with Crippen LogP contribution in [0.25, 0.3) is 0 Å². The van der Waals surface area contributed by atoms with E-state index >= 15 is 0 Å². The Bertz CT molecular complexity index is 279. The summed E-state index contributed by atoms with van der Waals surface area (Å²) in [7, 11) is 0. The van der Waals surface area contributed by atoms with Crippen molar-refractivity contribution in [3.8, 4) is 0 Å². The van der Waals surface area contributed by atoms with Crippen LogP contribution in [0.3, 0.4) is 0 Å². The second kappa shape index (κ2) is 3.66. The van der Waals surface area contributed by atoms with Crippen LogP contribution in [-0.2, 0) is 4.79 Å². The molecule has 5 heteroatoms. The van der Waals surface area contributed by atoms with E-state index < -0.39 is 5.97 Å². The van der Waals surface area contributed by atoms with Gasteiger partial charge in [-0.05, 0) is 0 Å². The number of imidazole rings is 1. The Morgan fingerprint density at radius 3 is 2.67 bits per heavy atom. The summed E-state index contributed by atoms with van der Waals surface area (Å²) in [5, 5.41) is 8.28. The predicted molar refractivity (Wildman–Crippen MR) is 39.7 cm³/mol. The minimum absolute atomic E-state index is 0.00565. The molecule has 0 amide bonds. The Labute approximate surface area is 68.6 Å². The second-order valence-electron chi connectivity index (χ2n) is 2.26. The largest absolute Gasteiger partial charge is 0.481 e. The van der Waals surface area contributed by atoms with E-state index in [-0.39, 0.29) is 18.7 Å². The fraction of sp³-hybridized carbons (Fsp3) is 0.286. The van der Waals surface area contributed by atoms with Gasteiger partial charge in [-0.1, -0.05) is 0 Å². The lowest BCUT2D eigenvalue weighted by Crippen LogP contribution is -2.10. The summed E-state index contributed by atoms with van der Waals surface area (Å²) >= 11 is 0. The third-order valence-electron chi connectivity index (χ3n) is 1.35. The van der Waals surface area contributed by atoms with Crippen LogP contribution in [-0.4, -0.2) is 26.5 Å². The van der Waals surface area contributed by atoms with Gasteiger partial charge in [0, 0.05) is 18.8 Å². The molecule has 1 rings (SSSR count). The molecule has 0 unspecified atom stereocenters. The molecule has 0 aliphatic rings. The van der Waals surface area contributed by atoms with Crippen molar-refractivity contribution in [2.45, 2.75) is 12.8 Å². The quantitative estimate of drug-likeness (QED) is 0.708. The minimum Gasteiger partial charge on any atom is -0.481 e. The molecule has 0 fully saturated rings. The Balaban J connectivity index is 2.45. The molecule has 0 aliphatic heterocycles. The number of hydrogen-bond acceptors (Lipinski definition) is 3. The van der Waals surface area contributed by atoms with E-state index in [9.17, 15) is 9.59 Å². The van der Waals surface area contributed by atoms with Crippen molar-refractivity contribution < 1.29 is 14.7 Å². The van der Waals surface area contributed by atoms with Crippen LogP contribution in [0, 0.1) is 0 Å². The number of aliphatic carboxylic acids is 1. The highest BCUT2D eigenvalue weighted by Gasteiger charge is 2.06. The van der Waals surface area contributed by atoms with E-state index in [4.69, 9.17) is 5.11 Å². The van der Waals surface area contributed by atoms with Crippen molar-refractivity contribution >= 4 is 11.9 Å². The van der Waals surface area contributed by atoms with Crippen molar-refractivity contribution in [2.75, 3.05) is 0 Å². The first-order valence-electron chi connectivity index (χ1n) is 3.43. The highest BCUT2D eigenvalue weighted by molar-refractivity contribution is 5.82. The summed E-state index contributed by atoms with van der Waals surface area (Å²) in [4.78, 5) is 24.8. The predicted octanol–water partition coefficient (Wildman–Crippen LogP) is 0.388. The van der Waals surface area contributed by atoms with E-state index in [1.54, 1.807) is 0 Å². The molecule has 0 atom stereocenters. The van der Waals surface area contributed by atoms with Crippen molar-refractivity contribution in [1.29, 1.82) is 0 Å². The topological polar surface area (TPSA) is 72.2 Å². The van der Waals surface area contributed by atoms with Crippen LogP contribution >= 0.6 is 0 Å². The van der Waals surface area contributed by atoms with E-state index in [1.807, 2.05) is 0 Å². The molecule has 5 nitrogen and oxygen atoms in total. The number of hydrogen-bond donors (Lipinski definition) is 1. The van der Waals surface area contributed by atoms with Crippen LogP contribution < -0.4 is 0 Å². The van der Waals surface area contributed by atoms with Gasteiger partial charge in [0.1, 0.15) is 6.33 Å². The number of rotatable bonds is 3. The molecule has 0 saturated carbocycles. The molecule has 0 aliphatic carbocycles. The smallest absolute Gasteiger partial charge is 0.303 e. The summed E-state index contributed by atoms with van der Waals surface area (Å²) in [6, 6.07) is 0. The maximum atomic E-state index is 11.1. The van der Waals surface area contributed by atoms with Gasteiger partial charge in [-0.3, -0.25) is 14.2 Å². The molecule has 1 N–H and O–H groups in total. The maximum Gasteiger partial charge on any atom is 0.303 e. The first-order chi connectivity index (χ1) is 5.70. The third-order valence-corrected chi connectivity index (χ3v) is 1.35. The van der Waals surface area contributed by atoms with Gasteiger partial charge in [0.2, 0.25) is 5.91 Å². The zero-order valence-electron chi connectivity index (χ0n) is 6.30. The number of carboxylic acid groups (broad SMARTS) is 1. The van der Waals surface area contributed by atoms with Crippen LogP contribution in [0.2, 0.25) is 0 Å². The first kappa shape index (κ1) is 8.45. The van der Waals surface area contributed by atoms with Crippen molar-refractivity contribution in [2.24, 2.45) is 0 Å². The Hall–Kier alpha value is -1.65. The van der Waals surface area contributed by atoms with E-state index in [0.717, 1.165) is 0 Å². The van der Waals surface area contributed by atoms with Gasteiger partial charge >= 0.3 is 5.97 Å². The zero-order chi connectivity index (χ0) is 8.97. The van der Waals surface area contributed by atoms with Crippen LogP contribution in [0.15, 0.2) is 18.7 Å². The fourth-order valence-corrected chi connectivity index (χ4v) is 0.750. The Kier molecular flexibility index (Phi) is 2.57. The number of aromatic nitrogens is 2. The second-order valence-corrected chi connectivity index (χ2v) is 2.26. The molecule has 64 valence electrons. The first-order valence-corrected chi connectivity index (χ1v) is 3.43. The molecule has 0 radical (unpaired) electrons. The van der Waals surface area contributed by atoms with Gasteiger partial charge in [0.15, 0.2) is 0 Å². The van der Waals surface area contributed by atoms with Crippen LogP contribution in [0.4, 0.5) is 0 Å². The Morgan fingerprint density at radius 2 is 2.17 bits per heavy atom. The zero-order valence-corrected chi connectivity index (χ0v) is 6.30. The van der Waals surface area contributed by atoms with Crippen molar-refractivity contribution in [3.63, 3.8) is 0 Å². The van der Waals surface area contributed by atoms with Gasteiger partial charge in [0.25, 0.3) is 0 Å². The molecule has 0 spiro atoms. The van der Waals surface area contributed by atoms with Crippen molar-refractivity contribution in [3.05, 3.63) is 18.7 Å². The number of carbonyl (C=O) groups excluding carboxylic acids is 1. The van der Waals surface area contributed by atoms with Gasteiger partial charge < -0.3 is 5.11 Å². The molecular weight excluding hydrogens is 160 g/mol. The lowest BCUT2D eigenvalue weighted by atomic mass is 10.3. The molecule has 1 aromatic heterocycles. The average molecular weight is 168 g/mol. The van der Waals surface area contributed by atoms with Crippen molar-refractivity contribution in [1.82, 2.24) is 9.55 Å². The molecule has 1 heterocycles. The fourth-order valence-electron chi connectivity index (χ4n) is 0.750. The molecule has 12 heavy (non-hydrogen) atoms. The lowest BCUT2D eigenvalue weighted by molar-refractivity contribution is -0.136. The van der Waals surface area contributed by atoms with Gasteiger partial charge in [-0.25, -0.2) is 4.98 Å². The molecule has 0 saturated heterocycles. The maximum absolute atomic E-state index is 11.1. The number of nitrogens with zero attached hydrogens (tertiary/aromatic N) is 2. The molecule has 1 aromatic rings. The Morgan fingerprint density at radius 1 is 1.42 bits per heavy atom. The summed E-state index contributed by atoms with van der Waals surface area (Å²) in [6.07, 6.45) is 4.18. The minimum atomic E-state index is -0.969. The van der Waals surface area contributed by atoms with Crippen LogP contribution in [0.1, 0.15) is 17.6 Å². The summed E-state index contributed by atoms with van der Waals surface area (Å²) < 4.78 is 1.27. The average Bonchev–Trinajstić information content (AvgIpc) is 2.51. The van der Waals surface area contributed by atoms with Gasteiger partial charge in [-0.2, -0.15) is 0 Å². The highest BCUT2D eigenvalue weighted by Crippen LogP contribution is 1.95. The molecule has 0 aromatic carbocycles. The monoisotopic (exact) mass is 168 g/mol. The normalized spacial score (nSPS) is 9.67. The number of carboxylic acids is 1. The standard InChI is InChI=1S/C7H8N2O3/c10-6(1-2-7(11)12)9-4-3-8-5-9/h3-5H,1-2H2,(H,11,12). The van der Waals surface area contributed by atoms with Gasteiger partial charge in [0.05, 0.1) is 6.42 Å². The summed E-state index contributed by atoms with van der Waals surface area (Å²) in [5.74, 6) is -1.22. The summed E-state index contributed by atoms with van der Waals surface area (Å²) in [6.45, 7) is 0. The third kappa shape index (κ3) is 2.19. The SMILES string of the molecule is O=C(O)CCC(=O)n1ccnc1. The van der Waals surface area contributed by atoms with E-state index in [0.29, 0.717) is 0 Å². The highest BCUT2D eigenvalue weighted by atomic mass is 16.4. The number of carbonyl (C=O) groups is 2. The molecular formula is C7H8N2O3. The van der Waals surface area contributed by atoms with Gasteiger partial charge in [-0.15, -0.1) is 0 Å². The van der Waals surface area contributed by atoms with Crippen LogP contribution in [0.5, 0.6) is 0 Å².